The van der Waals surface area contributed by atoms with Crippen molar-refractivity contribution >= 4 is 34.6 Å². The maximum atomic E-state index is 12.6. The number of hydrogen-bond donors (Lipinski definition) is 1. The number of benzene rings is 2. The molecule has 0 fully saturated rings. The van der Waals surface area contributed by atoms with Crippen LogP contribution in [-0.2, 0) is 11.2 Å². The zero-order valence-electron chi connectivity index (χ0n) is 11.6. The molecule has 108 valence electrons. The van der Waals surface area contributed by atoms with E-state index in [-0.39, 0.29) is 12.2 Å². The van der Waals surface area contributed by atoms with Crippen molar-refractivity contribution in [2.75, 3.05) is 7.05 Å². The molecule has 0 unspecified atom stereocenters. The zero-order chi connectivity index (χ0) is 15.2. The van der Waals surface area contributed by atoms with Crippen LogP contribution < -0.4 is 5.32 Å². The van der Waals surface area contributed by atoms with E-state index >= 15 is 0 Å². The van der Waals surface area contributed by atoms with Crippen LogP contribution in [-0.4, -0.2) is 12.8 Å². The summed E-state index contributed by atoms with van der Waals surface area (Å²) in [5.41, 5.74) is 2.18. The Morgan fingerprint density at radius 1 is 1.14 bits per heavy atom. The number of hydrogen-bond acceptors (Lipinski definition) is 2. The van der Waals surface area contributed by atoms with Gasteiger partial charge in [-0.2, -0.15) is 0 Å². The number of Topliss-reactive ketones (excluding diaryl/α,β-unsaturated/α-hetero) is 1. The van der Waals surface area contributed by atoms with Gasteiger partial charge in [-0.05, 0) is 29.3 Å². The lowest BCUT2D eigenvalue weighted by Crippen LogP contribution is -2.09. The van der Waals surface area contributed by atoms with Crippen molar-refractivity contribution in [2.45, 2.75) is 6.42 Å². The maximum Gasteiger partial charge on any atom is 0.169 e. The van der Waals surface area contributed by atoms with Crippen LogP contribution in [0.5, 0.6) is 0 Å². The predicted octanol–water partition coefficient (Wildman–Crippen LogP) is 4.37. The van der Waals surface area contributed by atoms with Gasteiger partial charge in [0.2, 0.25) is 0 Å². The van der Waals surface area contributed by atoms with Crippen molar-refractivity contribution < 1.29 is 4.79 Å². The van der Waals surface area contributed by atoms with E-state index in [0.29, 0.717) is 15.6 Å². The number of nitrogens with one attached hydrogen (secondary N) is 1. The molecule has 0 amide bonds. The first-order valence-corrected chi connectivity index (χ1v) is 7.27. The molecule has 1 N–H and O–H groups in total. The molecule has 0 atom stereocenters. The summed E-state index contributed by atoms with van der Waals surface area (Å²) < 4.78 is 0. The number of allylic oxidation sites excluding steroid dienone is 1. The van der Waals surface area contributed by atoms with Crippen molar-refractivity contribution in [1.29, 1.82) is 0 Å². The third-order valence-electron chi connectivity index (χ3n) is 3.03. The van der Waals surface area contributed by atoms with Crippen molar-refractivity contribution in [2.24, 2.45) is 0 Å². The molecule has 2 aromatic carbocycles. The summed E-state index contributed by atoms with van der Waals surface area (Å²) >= 11 is 12.1. The summed E-state index contributed by atoms with van der Waals surface area (Å²) in [5, 5.41) is 4.10. The van der Waals surface area contributed by atoms with Crippen molar-refractivity contribution in [3.8, 4) is 0 Å². The van der Waals surface area contributed by atoms with E-state index in [1.54, 1.807) is 31.4 Å². The van der Waals surface area contributed by atoms with E-state index in [1.807, 2.05) is 30.3 Å². The highest BCUT2D eigenvalue weighted by molar-refractivity contribution is 6.32. The Kier molecular flexibility index (Phi) is 5.43. The van der Waals surface area contributed by atoms with Crippen LogP contribution in [0.2, 0.25) is 10.0 Å². The Hall–Kier alpha value is -1.77. The maximum absolute atomic E-state index is 12.6. The van der Waals surface area contributed by atoms with Crippen LogP contribution in [0.1, 0.15) is 11.1 Å². The minimum atomic E-state index is -0.0142. The molecule has 0 aliphatic rings. The molecule has 0 aromatic heterocycles. The molecule has 4 heteroatoms. The molecule has 0 heterocycles. The van der Waals surface area contributed by atoms with Gasteiger partial charge < -0.3 is 5.32 Å². The minimum absolute atomic E-state index is 0.0142. The van der Waals surface area contributed by atoms with Crippen LogP contribution >= 0.6 is 23.2 Å². The second-order valence-corrected chi connectivity index (χ2v) is 5.39. The molecule has 2 aromatic rings. The second-order valence-electron chi connectivity index (χ2n) is 4.55. The molecular formula is C17H15Cl2NO. The van der Waals surface area contributed by atoms with Crippen molar-refractivity contribution in [1.82, 2.24) is 5.32 Å². The molecule has 0 radical (unpaired) electrons. The van der Waals surface area contributed by atoms with Gasteiger partial charge in [0.25, 0.3) is 0 Å². The van der Waals surface area contributed by atoms with Crippen LogP contribution in [0, 0.1) is 0 Å². The lowest BCUT2D eigenvalue weighted by Gasteiger charge is -2.09. The SMILES string of the molecule is CNC=C(C(=O)Cc1ccccc1Cl)c1cccc(Cl)c1. The summed E-state index contributed by atoms with van der Waals surface area (Å²) in [4.78, 5) is 12.6. The van der Waals surface area contributed by atoms with Gasteiger partial charge in [-0.25, -0.2) is 0 Å². The van der Waals surface area contributed by atoms with Crippen molar-refractivity contribution in [3.63, 3.8) is 0 Å². The standard InChI is InChI=1S/C17H15Cl2NO/c1-20-11-15(12-6-4-7-14(18)9-12)17(21)10-13-5-2-3-8-16(13)19/h2-9,11,20H,10H2,1H3. The highest BCUT2D eigenvalue weighted by atomic mass is 35.5. The molecule has 2 nitrogen and oxygen atoms in total. The fourth-order valence-corrected chi connectivity index (χ4v) is 2.43. The van der Waals surface area contributed by atoms with Crippen LogP contribution in [0.25, 0.3) is 5.57 Å². The molecule has 0 bridgehead atoms. The van der Waals surface area contributed by atoms with Gasteiger partial charge in [-0.15, -0.1) is 0 Å². The topological polar surface area (TPSA) is 29.1 Å². The number of halogens is 2. The molecule has 0 aliphatic heterocycles. The first-order chi connectivity index (χ1) is 10.1. The third kappa shape index (κ3) is 4.10. The quantitative estimate of drug-likeness (QED) is 0.829. The van der Waals surface area contributed by atoms with Gasteiger partial charge in [-0.3, -0.25) is 4.79 Å². The van der Waals surface area contributed by atoms with Gasteiger partial charge in [0.1, 0.15) is 0 Å². The fourth-order valence-electron chi connectivity index (χ4n) is 2.04. The Balaban J connectivity index is 2.29. The molecular weight excluding hydrogens is 305 g/mol. The van der Waals surface area contributed by atoms with Crippen LogP contribution in [0.4, 0.5) is 0 Å². The Morgan fingerprint density at radius 2 is 1.90 bits per heavy atom. The van der Waals surface area contributed by atoms with Gasteiger partial charge in [0, 0.05) is 35.3 Å². The Morgan fingerprint density at radius 3 is 2.57 bits per heavy atom. The number of carbonyl (C=O) groups excluding carboxylic acids is 1. The first kappa shape index (κ1) is 15.6. The van der Waals surface area contributed by atoms with Gasteiger partial charge in [0.15, 0.2) is 5.78 Å². The molecule has 2 rings (SSSR count). The van der Waals surface area contributed by atoms with E-state index < -0.39 is 0 Å². The van der Waals surface area contributed by atoms with E-state index in [1.165, 1.54) is 0 Å². The average molecular weight is 320 g/mol. The van der Waals surface area contributed by atoms with E-state index in [0.717, 1.165) is 11.1 Å². The van der Waals surface area contributed by atoms with Crippen LogP contribution in [0.3, 0.4) is 0 Å². The van der Waals surface area contributed by atoms with E-state index in [9.17, 15) is 4.79 Å². The zero-order valence-corrected chi connectivity index (χ0v) is 13.1. The second kappa shape index (κ2) is 7.30. The monoisotopic (exact) mass is 319 g/mol. The summed E-state index contributed by atoms with van der Waals surface area (Å²) in [5.74, 6) is -0.0142. The third-order valence-corrected chi connectivity index (χ3v) is 3.64. The Labute approximate surface area is 134 Å². The fraction of sp³-hybridized carbons (Fsp3) is 0.118. The highest BCUT2D eigenvalue weighted by Crippen LogP contribution is 2.23. The van der Waals surface area contributed by atoms with Gasteiger partial charge in [0.05, 0.1) is 0 Å². The van der Waals surface area contributed by atoms with Gasteiger partial charge >= 0.3 is 0 Å². The van der Waals surface area contributed by atoms with E-state index in [2.05, 4.69) is 5.32 Å². The summed E-state index contributed by atoms with van der Waals surface area (Å²) in [7, 11) is 1.76. The highest BCUT2D eigenvalue weighted by Gasteiger charge is 2.14. The summed E-state index contributed by atoms with van der Waals surface area (Å²) in [6.07, 6.45) is 1.94. The summed E-state index contributed by atoms with van der Waals surface area (Å²) in [6, 6.07) is 14.6. The molecule has 0 aliphatic carbocycles. The smallest absolute Gasteiger partial charge is 0.169 e. The lowest BCUT2D eigenvalue weighted by atomic mass is 9.97. The predicted molar refractivity (Wildman–Crippen MR) is 88.7 cm³/mol. The number of carbonyl (C=O) groups is 1. The molecule has 0 spiro atoms. The number of rotatable bonds is 5. The number of ketones is 1. The minimum Gasteiger partial charge on any atom is -0.393 e. The molecule has 0 saturated heterocycles. The largest absolute Gasteiger partial charge is 0.393 e. The average Bonchev–Trinajstić information content (AvgIpc) is 2.47. The lowest BCUT2D eigenvalue weighted by molar-refractivity contribution is -0.113. The first-order valence-electron chi connectivity index (χ1n) is 6.52. The van der Waals surface area contributed by atoms with Crippen LogP contribution in [0.15, 0.2) is 54.7 Å². The van der Waals surface area contributed by atoms with E-state index in [4.69, 9.17) is 23.2 Å². The molecule has 21 heavy (non-hydrogen) atoms. The van der Waals surface area contributed by atoms with Crippen molar-refractivity contribution in [3.05, 3.63) is 75.9 Å². The van der Waals surface area contributed by atoms with Gasteiger partial charge in [-0.1, -0.05) is 53.5 Å². The normalized spacial score (nSPS) is 11.3. The summed E-state index contributed by atoms with van der Waals surface area (Å²) in [6.45, 7) is 0. The Bertz CT molecular complexity index is 680. The molecule has 0 saturated carbocycles.